The second kappa shape index (κ2) is 3.62. The van der Waals surface area contributed by atoms with E-state index in [9.17, 15) is 10.2 Å². The number of aromatic hydroxyl groups is 1. The molecule has 1 aliphatic rings. The molecule has 0 saturated carbocycles. The average Bonchev–Trinajstić information content (AvgIpc) is 2.11. The molecule has 16 heavy (non-hydrogen) atoms. The van der Waals surface area contributed by atoms with Crippen LogP contribution in [-0.4, -0.2) is 16.5 Å². The van der Waals surface area contributed by atoms with Crippen molar-refractivity contribution in [1.82, 2.24) is 0 Å². The summed E-state index contributed by atoms with van der Waals surface area (Å²) in [5.74, 6) is 0.173. The van der Waals surface area contributed by atoms with Crippen molar-refractivity contribution >= 4 is 11.6 Å². The lowest BCUT2D eigenvalue weighted by Crippen LogP contribution is -2.36. The van der Waals surface area contributed by atoms with E-state index in [1.807, 2.05) is 20.8 Å². The van der Waals surface area contributed by atoms with Crippen LogP contribution in [-0.2, 0) is 16.8 Å². The van der Waals surface area contributed by atoms with Crippen molar-refractivity contribution in [2.75, 3.05) is 0 Å². The summed E-state index contributed by atoms with van der Waals surface area (Å²) < 4.78 is 5.45. The van der Waals surface area contributed by atoms with E-state index in [1.54, 1.807) is 6.07 Å². The van der Waals surface area contributed by atoms with Crippen molar-refractivity contribution in [3.63, 3.8) is 0 Å². The summed E-state index contributed by atoms with van der Waals surface area (Å²) in [5.41, 5.74) is 1.58. The molecule has 3 nitrogen and oxygen atoms in total. The highest BCUT2D eigenvalue weighted by atomic mass is 35.5. The van der Waals surface area contributed by atoms with Crippen molar-refractivity contribution in [1.29, 1.82) is 0 Å². The highest BCUT2D eigenvalue weighted by Crippen LogP contribution is 2.44. The quantitative estimate of drug-likeness (QED) is 0.735. The second-order valence-corrected chi connectivity index (χ2v) is 5.05. The number of phenolic OH excluding ortho intramolecular Hbond substituents is 1. The minimum atomic E-state index is -0.896. The zero-order chi connectivity index (χ0) is 12.1. The fraction of sp³-hybridized carbons (Fsp3) is 0.500. The first kappa shape index (κ1) is 11.7. The Morgan fingerprint density at radius 2 is 2.12 bits per heavy atom. The first-order chi connectivity index (χ1) is 7.33. The maximum Gasteiger partial charge on any atom is 0.159 e. The standard InChI is InChI=1S/C12H15ClO3/c1-6-4-8(14)7-5-9(15)16-12(2,3)10(7)11(6)13/h4,9,14-15H,5H2,1-3H3. The molecule has 0 aliphatic carbocycles. The van der Waals surface area contributed by atoms with Crippen LogP contribution in [0.15, 0.2) is 6.07 Å². The van der Waals surface area contributed by atoms with Gasteiger partial charge < -0.3 is 14.9 Å². The predicted molar refractivity (Wildman–Crippen MR) is 61.7 cm³/mol. The van der Waals surface area contributed by atoms with E-state index >= 15 is 0 Å². The summed E-state index contributed by atoms with van der Waals surface area (Å²) >= 11 is 6.24. The summed E-state index contributed by atoms with van der Waals surface area (Å²) in [6, 6.07) is 1.62. The zero-order valence-electron chi connectivity index (χ0n) is 9.54. The molecule has 0 bridgehead atoms. The van der Waals surface area contributed by atoms with Crippen LogP contribution in [0, 0.1) is 6.92 Å². The van der Waals surface area contributed by atoms with E-state index in [4.69, 9.17) is 16.3 Å². The van der Waals surface area contributed by atoms with Gasteiger partial charge in [0.05, 0.1) is 10.6 Å². The summed E-state index contributed by atoms with van der Waals surface area (Å²) in [6.07, 6.45) is -0.628. The summed E-state index contributed by atoms with van der Waals surface area (Å²) in [5, 5.41) is 20.1. The molecule has 1 aliphatic heterocycles. The summed E-state index contributed by atoms with van der Waals surface area (Å²) in [4.78, 5) is 0. The first-order valence-electron chi connectivity index (χ1n) is 5.20. The molecule has 0 saturated heterocycles. The average molecular weight is 243 g/mol. The molecule has 88 valence electrons. The van der Waals surface area contributed by atoms with E-state index in [2.05, 4.69) is 0 Å². The minimum Gasteiger partial charge on any atom is -0.508 e. The number of rotatable bonds is 0. The molecule has 0 spiro atoms. The van der Waals surface area contributed by atoms with Crippen molar-refractivity contribution in [2.24, 2.45) is 0 Å². The molecule has 0 amide bonds. The van der Waals surface area contributed by atoms with E-state index in [0.717, 1.165) is 11.1 Å². The van der Waals surface area contributed by atoms with Gasteiger partial charge in [-0.1, -0.05) is 11.6 Å². The first-order valence-corrected chi connectivity index (χ1v) is 5.58. The number of ether oxygens (including phenoxy) is 1. The van der Waals surface area contributed by atoms with Crippen LogP contribution >= 0.6 is 11.6 Å². The van der Waals surface area contributed by atoms with Crippen molar-refractivity contribution in [3.05, 3.63) is 27.8 Å². The number of hydrogen-bond acceptors (Lipinski definition) is 3. The maximum atomic E-state index is 9.89. The third-order valence-electron chi connectivity index (χ3n) is 2.94. The number of hydrogen-bond donors (Lipinski definition) is 2. The summed E-state index contributed by atoms with van der Waals surface area (Å²) in [7, 11) is 0. The van der Waals surface area contributed by atoms with E-state index < -0.39 is 11.9 Å². The van der Waals surface area contributed by atoms with Crippen LogP contribution in [0.4, 0.5) is 0 Å². The number of aryl methyl sites for hydroxylation is 1. The van der Waals surface area contributed by atoms with E-state index in [-0.39, 0.29) is 12.2 Å². The molecule has 0 radical (unpaired) electrons. The van der Waals surface area contributed by atoms with Gasteiger partial charge in [-0.3, -0.25) is 0 Å². The van der Waals surface area contributed by atoms with Crippen LogP contribution in [0.2, 0.25) is 5.02 Å². The number of halogens is 1. The van der Waals surface area contributed by atoms with Gasteiger partial charge in [0.15, 0.2) is 6.29 Å². The number of benzene rings is 1. The Morgan fingerprint density at radius 1 is 1.50 bits per heavy atom. The fourth-order valence-electron chi connectivity index (χ4n) is 2.26. The lowest BCUT2D eigenvalue weighted by molar-refractivity contribution is -0.185. The molecular weight excluding hydrogens is 228 g/mol. The largest absolute Gasteiger partial charge is 0.508 e. The van der Waals surface area contributed by atoms with Gasteiger partial charge in [0.25, 0.3) is 0 Å². The van der Waals surface area contributed by atoms with Gasteiger partial charge in [0.2, 0.25) is 0 Å². The number of phenols is 1. The second-order valence-electron chi connectivity index (χ2n) is 4.67. The maximum absolute atomic E-state index is 9.89. The molecule has 1 unspecified atom stereocenters. The van der Waals surface area contributed by atoms with Gasteiger partial charge in [-0.15, -0.1) is 0 Å². The molecule has 2 rings (SSSR count). The summed E-state index contributed by atoms with van der Waals surface area (Å²) in [6.45, 7) is 5.50. The van der Waals surface area contributed by atoms with Gasteiger partial charge >= 0.3 is 0 Å². The van der Waals surface area contributed by atoms with Gasteiger partial charge in [-0.25, -0.2) is 0 Å². The van der Waals surface area contributed by atoms with Crippen LogP contribution in [0.3, 0.4) is 0 Å². The molecule has 1 aromatic rings. The topological polar surface area (TPSA) is 49.7 Å². The Morgan fingerprint density at radius 3 is 2.75 bits per heavy atom. The monoisotopic (exact) mass is 242 g/mol. The smallest absolute Gasteiger partial charge is 0.159 e. The number of aliphatic hydroxyl groups excluding tert-OH is 1. The Balaban J connectivity index is 2.72. The molecule has 1 atom stereocenters. The molecule has 2 N–H and O–H groups in total. The van der Waals surface area contributed by atoms with Crippen molar-refractivity contribution in [2.45, 2.75) is 39.1 Å². The third kappa shape index (κ3) is 1.69. The van der Waals surface area contributed by atoms with E-state index in [1.165, 1.54) is 0 Å². The molecule has 4 heteroatoms. The van der Waals surface area contributed by atoms with Crippen LogP contribution < -0.4 is 0 Å². The van der Waals surface area contributed by atoms with Crippen LogP contribution in [0.5, 0.6) is 5.75 Å². The number of fused-ring (bicyclic) bond motifs is 1. The number of aliphatic hydroxyl groups is 1. The molecule has 0 aromatic heterocycles. The normalized spacial score (nSPS) is 22.9. The molecule has 1 heterocycles. The van der Waals surface area contributed by atoms with Crippen LogP contribution in [0.25, 0.3) is 0 Å². The fourth-order valence-corrected chi connectivity index (χ4v) is 2.66. The molecular formula is C12H15ClO3. The molecule has 0 fully saturated rings. The van der Waals surface area contributed by atoms with Gasteiger partial charge in [-0.05, 0) is 32.4 Å². The van der Waals surface area contributed by atoms with Crippen LogP contribution in [0.1, 0.15) is 30.5 Å². The third-order valence-corrected chi connectivity index (χ3v) is 3.43. The van der Waals surface area contributed by atoms with Gasteiger partial charge in [0, 0.05) is 17.5 Å². The Bertz CT molecular complexity index is 440. The lowest BCUT2D eigenvalue weighted by Gasteiger charge is -2.37. The van der Waals surface area contributed by atoms with Crippen molar-refractivity contribution in [3.8, 4) is 5.75 Å². The Hall–Kier alpha value is -0.770. The Labute approximate surface area is 99.6 Å². The predicted octanol–water partition coefficient (Wildman–Crippen LogP) is 2.48. The SMILES string of the molecule is Cc1cc(O)c2c(c1Cl)C(C)(C)OC(O)C2. The minimum absolute atomic E-state index is 0.173. The van der Waals surface area contributed by atoms with Crippen molar-refractivity contribution < 1.29 is 14.9 Å². The highest BCUT2D eigenvalue weighted by Gasteiger charge is 2.37. The molecule has 1 aromatic carbocycles. The van der Waals surface area contributed by atoms with E-state index in [0.29, 0.717) is 10.6 Å². The van der Waals surface area contributed by atoms with Gasteiger partial charge in [-0.2, -0.15) is 0 Å². The zero-order valence-corrected chi connectivity index (χ0v) is 10.3. The Kier molecular flexibility index (Phi) is 2.65. The van der Waals surface area contributed by atoms with Gasteiger partial charge in [0.1, 0.15) is 5.75 Å². The lowest BCUT2D eigenvalue weighted by atomic mass is 9.86. The highest BCUT2D eigenvalue weighted by molar-refractivity contribution is 6.32.